The first-order valence-electron chi connectivity index (χ1n) is 11.1. The molecular weight excluding hydrogens is 416 g/mol. The molecule has 0 atom stereocenters. The number of benzene rings is 3. The van der Waals surface area contributed by atoms with E-state index in [1.54, 1.807) is 42.5 Å². The number of carbonyl (C=O) groups is 2. The first kappa shape index (κ1) is 24.1. The first-order chi connectivity index (χ1) is 15.7. The average Bonchev–Trinajstić information content (AvgIpc) is 2.76. The number of esters is 1. The molecule has 0 radical (unpaired) electrons. The van der Waals surface area contributed by atoms with E-state index in [0.29, 0.717) is 16.9 Å². The molecule has 0 amide bonds. The standard InChI is InChI=1S/C28H30O5/c1-6-10-20-13-15-21(16-14-20)26(29)33-25-19(2)17-22(28(3,4)5)18-24(25)32-27(30)31-23-11-8-7-9-12-23/h7-9,11-18H,6,10H2,1-5H3. The second-order valence-electron chi connectivity index (χ2n) is 8.97. The predicted octanol–water partition coefficient (Wildman–Crippen LogP) is 7.04. The van der Waals surface area contributed by atoms with Crippen molar-refractivity contribution < 1.29 is 23.8 Å². The second kappa shape index (κ2) is 10.3. The Balaban J connectivity index is 1.89. The summed E-state index contributed by atoms with van der Waals surface area (Å²) in [7, 11) is 0. The highest BCUT2D eigenvalue weighted by Crippen LogP contribution is 2.37. The Bertz CT molecular complexity index is 1110. The number of hydrogen-bond acceptors (Lipinski definition) is 5. The number of carbonyl (C=O) groups excluding carboxylic acids is 2. The van der Waals surface area contributed by atoms with Gasteiger partial charge in [-0.3, -0.25) is 0 Å². The molecule has 33 heavy (non-hydrogen) atoms. The van der Waals surface area contributed by atoms with Gasteiger partial charge in [-0.2, -0.15) is 0 Å². The maximum absolute atomic E-state index is 12.9. The lowest BCUT2D eigenvalue weighted by Crippen LogP contribution is -2.18. The second-order valence-corrected chi connectivity index (χ2v) is 8.97. The Morgan fingerprint density at radius 2 is 1.52 bits per heavy atom. The van der Waals surface area contributed by atoms with E-state index < -0.39 is 12.1 Å². The molecule has 172 valence electrons. The van der Waals surface area contributed by atoms with Crippen molar-refractivity contribution in [3.05, 3.63) is 89.0 Å². The predicted molar refractivity (Wildman–Crippen MR) is 128 cm³/mol. The molecule has 0 heterocycles. The summed E-state index contributed by atoms with van der Waals surface area (Å²) in [5, 5.41) is 0. The van der Waals surface area contributed by atoms with Crippen LogP contribution < -0.4 is 14.2 Å². The smallest absolute Gasteiger partial charge is 0.419 e. The molecule has 0 bridgehead atoms. The Kier molecular flexibility index (Phi) is 7.54. The number of para-hydroxylation sites is 1. The summed E-state index contributed by atoms with van der Waals surface area (Å²) in [6, 6.07) is 19.6. The topological polar surface area (TPSA) is 61.8 Å². The summed E-state index contributed by atoms with van der Waals surface area (Å²) < 4.78 is 16.5. The summed E-state index contributed by atoms with van der Waals surface area (Å²) in [6.07, 6.45) is 1.07. The van der Waals surface area contributed by atoms with Crippen LogP contribution in [0.3, 0.4) is 0 Å². The van der Waals surface area contributed by atoms with E-state index in [4.69, 9.17) is 14.2 Å². The van der Waals surface area contributed by atoms with E-state index in [1.807, 2.05) is 31.2 Å². The number of rotatable bonds is 6. The van der Waals surface area contributed by atoms with Crippen molar-refractivity contribution in [1.29, 1.82) is 0 Å². The van der Waals surface area contributed by atoms with Crippen molar-refractivity contribution in [2.24, 2.45) is 0 Å². The van der Waals surface area contributed by atoms with Gasteiger partial charge in [-0.1, -0.05) is 70.5 Å². The lowest BCUT2D eigenvalue weighted by Gasteiger charge is -2.22. The fraction of sp³-hybridized carbons (Fsp3) is 0.286. The molecule has 0 spiro atoms. The highest BCUT2D eigenvalue weighted by atomic mass is 16.7. The zero-order valence-corrected chi connectivity index (χ0v) is 19.8. The molecule has 5 heteroatoms. The first-order valence-corrected chi connectivity index (χ1v) is 11.1. The van der Waals surface area contributed by atoms with Gasteiger partial charge in [-0.15, -0.1) is 0 Å². The number of hydrogen-bond donors (Lipinski definition) is 0. The van der Waals surface area contributed by atoms with E-state index in [9.17, 15) is 9.59 Å². The minimum Gasteiger partial charge on any atom is -0.419 e. The Hall–Kier alpha value is -3.60. The summed E-state index contributed by atoms with van der Waals surface area (Å²) in [5.41, 5.74) is 3.00. The minimum atomic E-state index is -0.909. The number of ether oxygens (including phenoxy) is 3. The van der Waals surface area contributed by atoms with Crippen molar-refractivity contribution in [3.8, 4) is 17.2 Å². The Morgan fingerprint density at radius 3 is 2.12 bits per heavy atom. The summed E-state index contributed by atoms with van der Waals surface area (Å²) in [6.45, 7) is 10.1. The zero-order valence-electron chi connectivity index (χ0n) is 19.8. The van der Waals surface area contributed by atoms with Crippen LogP contribution in [0.25, 0.3) is 0 Å². The van der Waals surface area contributed by atoms with Gasteiger partial charge < -0.3 is 14.2 Å². The van der Waals surface area contributed by atoms with Gasteiger partial charge in [0.2, 0.25) is 0 Å². The van der Waals surface area contributed by atoms with Gasteiger partial charge in [-0.25, -0.2) is 9.59 Å². The van der Waals surface area contributed by atoms with Gasteiger partial charge in [0.15, 0.2) is 11.5 Å². The maximum Gasteiger partial charge on any atom is 0.519 e. The molecule has 0 aliphatic rings. The third-order valence-electron chi connectivity index (χ3n) is 5.17. The number of aryl methyl sites for hydroxylation is 2. The van der Waals surface area contributed by atoms with Gasteiger partial charge in [0.25, 0.3) is 0 Å². The van der Waals surface area contributed by atoms with Crippen LogP contribution in [-0.4, -0.2) is 12.1 Å². The van der Waals surface area contributed by atoms with Crippen LogP contribution >= 0.6 is 0 Å². The molecule has 0 N–H and O–H groups in total. The molecule has 0 saturated carbocycles. The van der Waals surface area contributed by atoms with Crippen molar-refractivity contribution in [2.45, 2.75) is 52.9 Å². The molecule has 3 aromatic carbocycles. The van der Waals surface area contributed by atoms with Crippen molar-refractivity contribution in [1.82, 2.24) is 0 Å². The molecular formula is C28H30O5. The molecule has 0 fully saturated rings. The van der Waals surface area contributed by atoms with Crippen LogP contribution in [0.1, 0.15) is 61.2 Å². The SMILES string of the molecule is CCCc1ccc(C(=O)Oc2c(C)cc(C(C)(C)C)cc2OC(=O)Oc2ccccc2)cc1. The lowest BCUT2D eigenvalue weighted by atomic mass is 9.86. The van der Waals surface area contributed by atoms with Gasteiger partial charge in [0.1, 0.15) is 5.75 Å². The van der Waals surface area contributed by atoms with Crippen LogP contribution in [-0.2, 0) is 11.8 Å². The molecule has 3 aromatic rings. The van der Waals surface area contributed by atoms with Crippen LogP contribution in [0.4, 0.5) is 4.79 Å². The zero-order chi connectivity index (χ0) is 24.0. The van der Waals surface area contributed by atoms with Gasteiger partial charge >= 0.3 is 12.1 Å². The monoisotopic (exact) mass is 446 g/mol. The Morgan fingerprint density at radius 1 is 0.848 bits per heavy atom. The van der Waals surface area contributed by atoms with Crippen molar-refractivity contribution >= 4 is 12.1 Å². The highest BCUT2D eigenvalue weighted by molar-refractivity contribution is 5.91. The minimum absolute atomic E-state index is 0.136. The van der Waals surface area contributed by atoms with E-state index in [1.165, 1.54) is 0 Å². The molecule has 3 rings (SSSR count). The van der Waals surface area contributed by atoms with E-state index in [2.05, 4.69) is 27.7 Å². The van der Waals surface area contributed by atoms with E-state index in [0.717, 1.165) is 24.0 Å². The molecule has 0 aliphatic carbocycles. The Labute approximate surface area is 195 Å². The molecule has 0 saturated heterocycles. The molecule has 0 unspecified atom stereocenters. The summed E-state index contributed by atoms with van der Waals surface area (Å²) in [4.78, 5) is 25.3. The van der Waals surface area contributed by atoms with Gasteiger partial charge in [0.05, 0.1) is 5.56 Å². The van der Waals surface area contributed by atoms with Crippen molar-refractivity contribution in [3.63, 3.8) is 0 Å². The van der Waals surface area contributed by atoms with Gasteiger partial charge in [-0.05, 0) is 65.8 Å². The quantitative estimate of drug-likeness (QED) is 0.231. The van der Waals surface area contributed by atoms with Crippen LogP contribution in [0.15, 0.2) is 66.7 Å². The van der Waals surface area contributed by atoms with E-state index in [-0.39, 0.29) is 16.9 Å². The summed E-state index contributed by atoms with van der Waals surface area (Å²) in [5.74, 6) is 0.162. The molecule has 0 aromatic heterocycles. The molecule has 5 nitrogen and oxygen atoms in total. The highest BCUT2D eigenvalue weighted by Gasteiger charge is 2.23. The fourth-order valence-electron chi connectivity index (χ4n) is 3.32. The maximum atomic E-state index is 12.9. The van der Waals surface area contributed by atoms with Crippen molar-refractivity contribution in [2.75, 3.05) is 0 Å². The third-order valence-corrected chi connectivity index (χ3v) is 5.17. The molecule has 0 aliphatic heterocycles. The average molecular weight is 447 g/mol. The normalized spacial score (nSPS) is 11.1. The fourth-order valence-corrected chi connectivity index (χ4v) is 3.32. The van der Waals surface area contributed by atoms with E-state index >= 15 is 0 Å². The van der Waals surface area contributed by atoms with Crippen LogP contribution in [0, 0.1) is 6.92 Å². The largest absolute Gasteiger partial charge is 0.519 e. The van der Waals surface area contributed by atoms with Gasteiger partial charge in [0, 0.05) is 0 Å². The summed E-state index contributed by atoms with van der Waals surface area (Å²) >= 11 is 0. The third kappa shape index (κ3) is 6.45. The lowest BCUT2D eigenvalue weighted by molar-refractivity contribution is 0.0725. The van der Waals surface area contributed by atoms with Crippen LogP contribution in [0.2, 0.25) is 0 Å². The van der Waals surface area contributed by atoms with Crippen LogP contribution in [0.5, 0.6) is 17.2 Å².